The molecule has 0 spiro atoms. The number of anilines is 1. The van der Waals surface area contributed by atoms with E-state index < -0.39 is 54.1 Å². The molecule has 0 atom stereocenters. The van der Waals surface area contributed by atoms with E-state index in [0.717, 1.165) is 22.6 Å². The van der Waals surface area contributed by atoms with Crippen LogP contribution in [0.15, 0.2) is 34.9 Å². The summed E-state index contributed by atoms with van der Waals surface area (Å²) in [5.74, 6) is -7.02. The number of halogens is 3. The van der Waals surface area contributed by atoms with Crippen molar-refractivity contribution < 1.29 is 36.7 Å². The molecule has 0 bridgehead atoms. The third kappa shape index (κ3) is 5.26. The van der Waals surface area contributed by atoms with E-state index in [-0.39, 0.29) is 6.42 Å². The summed E-state index contributed by atoms with van der Waals surface area (Å²) in [5, 5.41) is 4.94. The van der Waals surface area contributed by atoms with Crippen LogP contribution in [0.25, 0.3) is 11.0 Å². The highest BCUT2D eigenvalue weighted by Crippen LogP contribution is 2.25. The van der Waals surface area contributed by atoms with Crippen molar-refractivity contribution in [2.45, 2.75) is 20.3 Å². The average molecular weight is 448 g/mol. The summed E-state index contributed by atoms with van der Waals surface area (Å²) >= 11 is 0. The van der Waals surface area contributed by atoms with Crippen molar-refractivity contribution in [1.29, 1.82) is 0 Å². The number of carbonyl (C=O) groups excluding carboxylic acids is 3. The molecule has 2 N–H and O–H groups in total. The predicted molar refractivity (Wildman–Crippen MR) is 108 cm³/mol. The molecule has 0 aliphatic carbocycles. The second-order valence-corrected chi connectivity index (χ2v) is 7.08. The van der Waals surface area contributed by atoms with Crippen molar-refractivity contribution in [3.63, 3.8) is 0 Å². The Morgan fingerprint density at radius 1 is 1.00 bits per heavy atom. The number of aryl methyl sites for hydroxylation is 2. The van der Waals surface area contributed by atoms with Gasteiger partial charge in [-0.3, -0.25) is 14.4 Å². The van der Waals surface area contributed by atoms with E-state index >= 15 is 0 Å². The first-order valence-corrected chi connectivity index (χ1v) is 9.48. The zero-order valence-electron chi connectivity index (χ0n) is 17.2. The van der Waals surface area contributed by atoms with Crippen molar-refractivity contribution in [3.05, 3.63) is 64.7 Å². The topological polar surface area (TPSA) is 97.6 Å². The second-order valence-electron chi connectivity index (χ2n) is 7.08. The number of furan rings is 1. The monoisotopic (exact) mass is 448 g/mol. The maximum atomic E-state index is 13.5. The van der Waals surface area contributed by atoms with Gasteiger partial charge in [0.05, 0.1) is 24.9 Å². The van der Waals surface area contributed by atoms with Gasteiger partial charge in [0.25, 0.3) is 5.91 Å². The Morgan fingerprint density at radius 3 is 2.47 bits per heavy atom. The van der Waals surface area contributed by atoms with Gasteiger partial charge in [0, 0.05) is 10.9 Å². The molecule has 0 unspecified atom stereocenters. The molecule has 1 heterocycles. The first kappa shape index (κ1) is 22.9. The molecule has 0 radical (unpaired) electrons. The van der Waals surface area contributed by atoms with Gasteiger partial charge >= 0.3 is 5.97 Å². The minimum absolute atomic E-state index is 0.112. The molecule has 2 amide bonds. The van der Waals surface area contributed by atoms with E-state index in [1.807, 2.05) is 31.3 Å². The number of fused-ring (bicyclic) bond motifs is 1. The fourth-order valence-corrected chi connectivity index (χ4v) is 2.87. The number of rotatable bonds is 7. The van der Waals surface area contributed by atoms with Crippen LogP contribution < -0.4 is 10.6 Å². The number of esters is 1. The smallest absolute Gasteiger partial charge is 0.310 e. The summed E-state index contributed by atoms with van der Waals surface area (Å²) in [6.07, 6.45) is 1.34. The van der Waals surface area contributed by atoms with E-state index in [9.17, 15) is 27.6 Å². The van der Waals surface area contributed by atoms with Crippen molar-refractivity contribution >= 4 is 34.4 Å². The quantitative estimate of drug-likeness (QED) is 0.427. The summed E-state index contributed by atoms with van der Waals surface area (Å²) in [7, 11) is 0. The summed E-state index contributed by atoms with van der Waals surface area (Å²) in [4.78, 5) is 35.6. The van der Waals surface area contributed by atoms with Crippen LogP contribution in [-0.4, -0.2) is 30.9 Å². The van der Waals surface area contributed by atoms with Crippen LogP contribution in [0.1, 0.15) is 16.7 Å². The predicted octanol–water partition coefficient (Wildman–Crippen LogP) is 3.31. The lowest BCUT2D eigenvalue weighted by molar-refractivity contribution is -0.147. The summed E-state index contributed by atoms with van der Waals surface area (Å²) < 4.78 is 50.0. The molecule has 0 aliphatic rings. The van der Waals surface area contributed by atoms with Crippen molar-refractivity contribution in [3.8, 4) is 0 Å². The highest BCUT2D eigenvalue weighted by atomic mass is 19.2. The summed E-state index contributed by atoms with van der Waals surface area (Å²) in [6.45, 7) is 2.64. The molecule has 3 rings (SSSR count). The van der Waals surface area contributed by atoms with Crippen molar-refractivity contribution in [1.82, 2.24) is 5.32 Å². The molecule has 0 saturated carbocycles. The van der Waals surface area contributed by atoms with Crippen LogP contribution in [0.4, 0.5) is 18.9 Å². The first-order valence-electron chi connectivity index (χ1n) is 9.48. The third-order valence-corrected chi connectivity index (χ3v) is 4.72. The molecule has 3 aromatic rings. The van der Waals surface area contributed by atoms with Gasteiger partial charge in [0.15, 0.2) is 24.1 Å². The molecule has 0 saturated heterocycles. The zero-order chi connectivity index (χ0) is 23.4. The van der Waals surface area contributed by atoms with E-state index in [1.54, 1.807) is 0 Å². The largest absolute Gasteiger partial charge is 0.464 e. The number of carbonyl (C=O) groups is 3. The van der Waals surface area contributed by atoms with E-state index in [2.05, 4.69) is 5.32 Å². The molecule has 2 aromatic carbocycles. The number of hydrogen-bond acceptors (Lipinski definition) is 5. The van der Waals surface area contributed by atoms with E-state index in [0.29, 0.717) is 17.2 Å². The Hall–Kier alpha value is -3.82. The van der Waals surface area contributed by atoms with Crippen LogP contribution in [-0.2, 0) is 25.5 Å². The number of benzene rings is 2. The Balaban J connectivity index is 1.46. The van der Waals surface area contributed by atoms with Gasteiger partial charge in [-0.15, -0.1) is 0 Å². The standard InChI is InChI=1S/C22H19F3N2O5/c1-11-5-14-13(9-31-17(14)6-12(11)2)7-20(30)32-10-19(29)26-8-18(28)27-16-4-3-15(23)21(24)22(16)25/h3-6,9H,7-8,10H2,1-2H3,(H,26,29)(H,27,28). The fourth-order valence-electron chi connectivity index (χ4n) is 2.87. The number of hydrogen-bond donors (Lipinski definition) is 2. The van der Waals surface area contributed by atoms with Gasteiger partial charge in [-0.1, -0.05) is 0 Å². The molecule has 7 nitrogen and oxygen atoms in total. The van der Waals surface area contributed by atoms with Gasteiger partial charge in [0.2, 0.25) is 5.91 Å². The SMILES string of the molecule is Cc1cc2occ(CC(=O)OCC(=O)NCC(=O)Nc3ccc(F)c(F)c3F)c2cc1C. The number of ether oxygens (including phenoxy) is 1. The average Bonchev–Trinajstić information content (AvgIpc) is 3.12. The van der Waals surface area contributed by atoms with Gasteiger partial charge in [0.1, 0.15) is 5.58 Å². The molecule has 0 fully saturated rings. The van der Waals surface area contributed by atoms with Crippen LogP contribution in [0.5, 0.6) is 0 Å². The lowest BCUT2D eigenvalue weighted by atomic mass is 10.0. The highest BCUT2D eigenvalue weighted by Gasteiger charge is 2.17. The molecule has 1 aromatic heterocycles. The maximum Gasteiger partial charge on any atom is 0.310 e. The minimum atomic E-state index is -1.73. The lowest BCUT2D eigenvalue weighted by Gasteiger charge is -2.09. The zero-order valence-corrected chi connectivity index (χ0v) is 17.2. The second kappa shape index (κ2) is 9.54. The Morgan fingerprint density at radius 2 is 1.72 bits per heavy atom. The summed E-state index contributed by atoms with van der Waals surface area (Å²) in [5.41, 5.74) is 2.76. The maximum absolute atomic E-state index is 13.5. The molecular formula is C22H19F3N2O5. The Labute approximate surface area is 180 Å². The van der Waals surface area contributed by atoms with E-state index in [4.69, 9.17) is 9.15 Å². The highest BCUT2D eigenvalue weighted by molar-refractivity contribution is 5.95. The van der Waals surface area contributed by atoms with Crippen molar-refractivity contribution in [2.24, 2.45) is 0 Å². The fraction of sp³-hybridized carbons (Fsp3) is 0.227. The van der Waals surface area contributed by atoms with Crippen molar-refractivity contribution in [2.75, 3.05) is 18.5 Å². The minimum Gasteiger partial charge on any atom is -0.464 e. The van der Waals surface area contributed by atoms with Crippen LogP contribution in [0, 0.1) is 31.3 Å². The molecule has 168 valence electrons. The van der Waals surface area contributed by atoms with Crippen LogP contribution in [0.3, 0.4) is 0 Å². The first-order chi connectivity index (χ1) is 15.2. The summed E-state index contributed by atoms with van der Waals surface area (Å²) in [6, 6.07) is 5.26. The molecular weight excluding hydrogens is 429 g/mol. The molecule has 10 heteroatoms. The van der Waals surface area contributed by atoms with Crippen LogP contribution >= 0.6 is 0 Å². The van der Waals surface area contributed by atoms with Crippen LogP contribution in [0.2, 0.25) is 0 Å². The van der Waals surface area contributed by atoms with Gasteiger partial charge in [-0.25, -0.2) is 13.2 Å². The Kier molecular flexibility index (Phi) is 6.82. The van der Waals surface area contributed by atoms with Gasteiger partial charge in [-0.05, 0) is 49.2 Å². The Bertz CT molecular complexity index is 1210. The normalized spacial score (nSPS) is 10.8. The molecule has 32 heavy (non-hydrogen) atoms. The van der Waals surface area contributed by atoms with E-state index in [1.165, 1.54) is 6.26 Å². The number of nitrogens with one attached hydrogen (secondary N) is 2. The number of amides is 2. The van der Waals surface area contributed by atoms with Gasteiger partial charge < -0.3 is 19.8 Å². The lowest BCUT2D eigenvalue weighted by Crippen LogP contribution is -2.35. The van der Waals surface area contributed by atoms with Gasteiger partial charge in [-0.2, -0.15) is 0 Å². The molecule has 0 aliphatic heterocycles. The third-order valence-electron chi connectivity index (χ3n) is 4.72.